The number of carbonyl (C=O) groups is 1. The van der Waals surface area contributed by atoms with Gasteiger partial charge in [-0.25, -0.2) is 0 Å². The molecule has 0 saturated heterocycles. The summed E-state index contributed by atoms with van der Waals surface area (Å²) in [6.07, 6.45) is 0. The number of para-hydroxylation sites is 1. The zero-order chi connectivity index (χ0) is 16.7. The van der Waals surface area contributed by atoms with Gasteiger partial charge in [-0.2, -0.15) is 0 Å². The van der Waals surface area contributed by atoms with Crippen LogP contribution in [0.5, 0.6) is 0 Å². The normalized spacial score (nSPS) is 9.56. The van der Waals surface area contributed by atoms with E-state index < -0.39 is 0 Å². The Morgan fingerprint density at radius 3 is 2.28 bits per heavy atom. The molecular weight excluding hydrogens is 357 g/mol. The number of aryl methyl sites for hydroxylation is 2. The van der Waals surface area contributed by atoms with E-state index in [0.717, 1.165) is 41.2 Å². The Morgan fingerprint density at radius 2 is 1.64 bits per heavy atom. The molecule has 0 aliphatic heterocycles. The Balaban J connectivity index is 0.00000288. The Labute approximate surface area is 162 Å². The summed E-state index contributed by atoms with van der Waals surface area (Å²) in [4.78, 5) is 12.1. The van der Waals surface area contributed by atoms with Crippen LogP contribution in [0.25, 0.3) is 0 Å². The van der Waals surface area contributed by atoms with Gasteiger partial charge in [-0.1, -0.05) is 37.3 Å². The highest BCUT2D eigenvalue weighted by Crippen LogP contribution is 2.19. The molecule has 0 unspecified atom stereocenters. The molecule has 0 bridgehead atoms. The molecule has 0 atom stereocenters. The van der Waals surface area contributed by atoms with Gasteiger partial charge in [0.2, 0.25) is 5.91 Å². The second-order valence-electron chi connectivity index (χ2n) is 5.65. The number of hydrogen-bond donors (Lipinski definition) is 3. The Hall–Kier alpha value is -1.75. The quantitative estimate of drug-likeness (QED) is 0.667. The zero-order valence-electron chi connectivity index (χ0n) is 14.9. The van der Waals surface area contributed by atoms with Gasteiger partial charge in [0.1, 0.15) is 0 Å². The van der Waals surface area contributed by atoms with Crippen molar-refractivity contribution in [3.63, 3.8) is 0 Å². The van der Waals surface area contributed by atoms with Crippen LogP contribution in [-0.2, 0) is 11.3 Å². The average Bonchev–Trinajstić information content (AvgIpc) is 2.53. The van der Waals surface area contributed by atoms with Crippen LogP contribution in [0.4, 0.5) is 11.4 Å². The van der Waals surface area contributed by atoms with E-state index in [1.165, 1.54) is 0 Å². The minimum Gasteiger partial charge on any atom is -0.376 e. The maximum atomic E-state index is 12.1. The van der Waals surface area contributed by atoms with Crippen LogP contribution in [0.15, 0.2) is 42.5 Å². The lowest BCUT2D eigenvalue weighted by Gasteiger charge is -2.13. The van der Waals surface area contributed by atoms with Gasteiger partial charge in [-0.05, 0) is 49.2 Å². The van der Waals surface area contributed by atoms with Crippen LogP contribution in [0.3, 0.4) is 0 Å². The van der Waals surface area contributed by atoms with Gasteiger partial charge in [0, 0.05) is 17.9 Å². The lowest BCUT2D eigenvalue weighted by atomic mass is 10.1. The van der Waals surface area contributed by atoms with Crippen molar-refractivity contribution in [1.29, 1.82) is 0 Å². The zero-order valence-corrected chi connectivity index (χ0v) is 16.5. The smallest absolute Gasteiger partial charge is 0.243 e. The van der Waals surface area contributed by atoms with Crippen LogP contribution in [-0.4, -0.2) is 19.0 Å². The monoisotopic (exact) mass is 383 g/mol. The average molecular weight is 384 g/mol. The molecule has 0 heterocycles. The van der Waals surface area contributed by atoms with Crippen molar-refractivity contribution in [2.75, 3.05) is 23.7 Å². The molecule has 0 saturated carbocycles. The molecule has 0 aliphatic rings. The number of anilines is 2. The first-order chi connectivity index (χ1) is 11.1. The van der Waals surface area contributed by atoms with E-state index >= 15 is 0 Å². The van der Waals surface area contributed by atoms with Crippen LogP contribution >= 0.6 is 24.8 Å². The lowest BCUT2D eigenvalue weighted by molar-refractivity contribution is -0.114. The molecule has 0 aromatic heterocycles. The number of halogens is 2. The van der Waals surface area contributed by atoms with Crippen molar-refractivity contribution in [2.24, 2.45) is 0 Å². The molecule has 138 valence electrons. The molecule has 6 heteroatoms. The standard InChI is InChI=1S/C19H25N3O.2ClH/c1-4-20-12-16-9-6-10-17(11-16)22-18(23)13-21-19-14(2)7-5-8-15(19)3;;/h5-11,20-21H,4,12-13H2,1-3H3,(H,22,23);2*1H. The molecule has 2 aromatic carbocycles. The first-order valence-electron chi connectivity index (χ1n) is 7.99. The van der Waals surface area contributed by atoms with Gasteiger partial charge >= 0.3 is 0 Å². The van der Waals surface area contributed by atoms with Crippen molar-refractivity contribution >= 4 is 42.1 Å². The summed E-state index contributed by atoms with van der Waals surface area (Å²) in [6, 6.07) is 14.0. The molecular formula is C19H27Cl2N3O. The highest BCUT2D eigenvalue weighted by molar-refractivity contribution is 5.94. The Morgan fingerprint density at radius 1 is 1.00 bits per heavy atom. The van der Waals surface area contributed by atoms with Gasteiger partial charge in [0.15, 0.2) is 0 Å². The minimum absolute atomic E-state index is 0. The maximum absolute atomic E-state index is 12.1. The van der Waals surface area contributed by atoms with Crippen LogP contribution < -0.4 is 16.0 Å². The second-order valence-corrected chi connectivity index (χ2v) is 5.65. The molecule has 1 amide bonds. The lowest BCUT2D eigenvalue weighted by Crippen LogP contribution is -2.22. The van der Waals surface area contributed by atoms with Crippen molar-refractivity contribution in [3.05, 3.63) is 59.2 Å². The van der Waals surface area contributed by atoms with Crippen LogP contribution in [0.1, 0.15) is 23.6 Å². The number of nitrogens with one attached hydrogen (secondary N) is 3. The number of amides is 1. The van der Waals surface area contributed by atoms with Gasteiger partial charge in [-0.15, -0.1) is 24.8 Å². The summed E-state index contributed by atoms with van der Waals surface area (Å²) in [5.74, 6) is -0.0479. The number of benzene rings is 2. The number of rotatable bonds is 7. The summed E-state index contributed by atoms with van der Waals surface area (Å²) >= 11 is 0. The van der Waals surface area contributed by atoms with Crippen LogP contribution in [0.2, 0.25) is 0 Å². The molecule has 0 aliphatic carbocycles. The predicted molar refractivity (Wildman–Crippen MR) is 111 cm³/mol. The summed E-state index contributed by atoms with van der Waals surface area (Å²) < 4.78 is 0. The highest BCUT2D eigenvalue weighted by Gasteiger charge is 2.06. The van der Waals surface area contributed by atoms with E-state index in [1.807, 2.05) is 56.3 Å². The van der Waals surface area contributed by atoms with E-state index in [1.54, 1.807) is 0 Å². The first kappa shape index (κ1) is 23.2. The molecule has 0 spiro atoms. The third kappa shape index (κ3) is 7.34. The summed E-state index contributed by atoms with van der Waals surface area (Å²) in [5.41, 5.74) is 5.31. The summed E-state index contributed by atoms with van der Waals surface area (Å²) in [5, 5.41) is 9.44. The number of carbonyl (C=O) groups excluding carboxylic acids is 1. The van der Waals surface area contributed by atoms with Gasteiger partial charge in [0.25, 0.3) is 0 Å². The minimum atomic E-state index is -0.0479. The third-order valence-corrected chi connectivity index (χ3v) is 3.70. The Bertz CT molecular complexity index is 657. The fraction of sp³-hybridized carbons (Fsp3) is 0.316. The predicted octanol–water partition coefficient (Wildman–Crippen LogP) is 4.31. The fourth-order valence-electron chi connectivity index (χ4n) is 2.50. The third-order valence-electron chi connectivity index (χ3n) is 3.70. The van der Waals surface area contributed by atoms with Gasteiger partial charge in [-0.3, -0.25) is 4.79 Å². The molecule has 0 radical (unpaired) electrons. The fourth-order valence-corrected chi connectivity index (χ4v) is 2.50. The maximum Gasteiger partial charge on any atom is 0.243 e. The summed E-state index contributed by atoms with van der Waals surface area (Å²) in [7, 11) is 0. The summed E-state index contributed by atoms with van der Waals surface area (Å²) in [6.45, 7) is 8.14. The van der Waals surface area contributed by atoms with Gasteiger partial charge < -0.3 is 16.0 Å². The van der Waals surface area contributed by atoms with E-state index in [9.17, 15) is 4.79 Å². The molecule has 25 heavy (non-hydrogen) atoms. The topological polar surface area (TPSA) is 53.2 Å². The highest BCUT2D eigenvalue weighted by atomic mass is 35.5. The van der Waals surface area contributed by atoms with Crippen molar-refractivity contribution in [1.82, 2.24) is 5.32 Å². The van der Waals surface area contributed by atoms with Crippen molar-refractivity contribution < 1.29 is 4.79 Å². The van der Waals surface area contributed by atoms with E-state index in [0.29, 0.717) is 0 Å². The first-order valence-corrected chi connectivity index (χ1v) is 7.99. The van der Waals surface area contributed by atoms with E-state index in [4.69, 9.17) is 0 Å². The SMILES string of the molecule is CCNCc1cccc(NC(=O)CNc2c(C)cccc2C)c1.Cl.Cl. The Kier molecular flexibility index (Phi) is 10.9. The van der Waals surface area contributed by atoms with Gasteiger partial charge in [0.05, 0.1) is 6.54 Å². The molecule has 2 aromatic rings. The van der Waals surface area contributed by atoms with Crippen molar-refractivity contribution in [3.8, 4) is 0 Å². The second kappa shape index (κ2) is 11.7. The number of hydrogen-bond acceptors (Lipinski definition) is 3. The van der Waals surface area contributed by atoms with Crippen LogP contribution in [0, 0.1) is 13.8 Å². The molecule has 0 fully saturated rings. The van der Waals surface area contributed by atoms with Crippen molar-refractivity contribution in [2.45, 2.75) is 27.3 Å². The largest absolute Gasteiger partial charge is 0.376 e. The van der Waals surface area contributed by atoms with E-state index in [-0.39, 0.29) is 37.3 Å². The molecule has 2 rings (SSSR count). The molecule has 4 nitrogen and oxygen atoms in total. The molecule has 3 N–H and O–H groups in total. The van der Waals surface area contributed by atoms with E-state index in [2.05, 4.69) is 22.9 Å².